The van der Waals surface area contributed by atoms with Crippen LogP contribution >= 0.6 is 11.6 Å². The maximum Gasteiger partial charge on any atom is 0.290 e. The number of halogens is 1. The van der Waals surface area contributed by atoms with E-state index in [1.165, 1.54) is 0 Å². The van der Waals surface area contributed by atoms with Crippen LogP contribution in [0.4, 0.5) is 0 Å². The predicted molar refractivity (Wildman–Crippen MR) is 105 cm³/mol. The molecule has 0 saturated carbocycles. The molecule has 1 heterocycles. The molecule has 9 nitrogen and oxygen atoms in total. The van der Waals surface area contributed by atoms with Gasteiger partial charge >= 0.3 is 0 Å². The maximum atomic E-state index is 12.9. The number of nitrogens with zero attached hydrogens (tertiary/aromatic N) is 3. The van der Waals surface area contributed by atoms with Crippen molar-refractivity contribution >= 4 is 30.5 Å². The van der Waals surface area contributed by atoms with Gasteiger partial charge in [0, 0.05) is 29.9 Å². The lowest BCUT2D eigenvalue weighted by atomic mass is 10.1. The van der Waals surface area contributed by atoms with Gasteiger partial charge in [0.05, 0.1) is 18.6 Å². The zero-order valence-electron chi connectivity index (χ0n) is 16.0. The van der Waals surface area contributed by atoms with Gasteiger partial charge in [-0.3, -0.25) is 14.4 Å². The molecular weight excluding hydrogens is 388 g/mol. The molecule has 3 N–H and O–H groups in total. The second-order valence-electron chi connectivity index (χ2n) is 5.73. The van der Waals surface area contributed by atoms with Gasteiger partial charge in [0.15, 0.2) is 0 Å². The van der Waals surface area contributed by atoms with Gasteiger partial charge in [-0.05, 0) is 38.7 Å². The summed E-state index contributed by atoms with van der Waals surface area (Å²) in [7, 11) is 3.98. The number of amides is 1. The Balaban J connectivity index is 0.00000108. The molecular formula is C18H25ClN4O5. The van der Waals surface area contributed by atoms with Crippen LogP contribution in [-0.4, -0.2) is 76.0 Å². The fourth-order valence-corrected chi connectivity index (χ4v) is 2.33. The standard InChI is InChI=1S/C16H21ClN4O.2CH2O2/c1-12-14(5-4-6-15(12)17)16(22)21(8-7-20(2)3)10-13-9-18-11-19-13;2*2-1-3/h4-6,9,11H,7-8,10H2,1-3H3,(H,18,19);2*1H,(H,2,3). The van der Waals surface area contributed by atoms with Crippen molar-refractivity contribution < 1.29 is 24.6 Å². The van der Waals surface area contributed by atoms with Crippen molar-refractivity contribution in [1.29, 1.82) is 0 Å². The van der Waals surface area contributed by atoms with E-state index in [-0.39, 0.29) is 18.9 Å². The van der Waals surface area contributed by atoms with Crippen LogP contribution in [-0.2, 0) is 16.1 Å². The molecule has 0 radical (unpaired) electrons. The van der Waals surface area contributed by atoms with Gasteiger partial charge in [0.25, 0.3) is 18.9 Å². The summed E-state index contributed by atoms with van der Waals surface area (Å²) in [6, 6.07) is 5.43. The quantitative estimate of drug-likeness (QED) is 0.619. The topological polar surface area (TPSA) is 127 Å². The largest absolute Gasteiger partial charge is 0.483 e. The lowest BCUT2D eigenvalue weighted by molar-refractivity contribution is -0.123. The van der Waals surface area contributed by atoms with Gasteiger partial charge < -0.3 is 25.0 Å². The van der Waals surface area contributed by atoms with E-state index in [2.05, 4.69) is 14.9 Å². The van der Waals surface area contributed by atoms with Gasteiger partial charge in [0.1, 0.15) is 0 Å². The highest BCUT2D eigenvalue weighted by Gasteiger charge is 2.19. The molecule has 0 unspecified atom stereocenters. The molecule has 0 spiro atoms. The zero-order chi connectivity index (χ0) is 21.5. The van der Waals surface area contributed by atoms with E-state index < -0.39 is 0 Å². The van der Waals surface area contributed by atoms with E-state index in [4.69, 9.17) is 31.4 Å². The Bertz CT molecular complexity index is 717. The number of carbonyl (C=O) groups is 3. The van der Waals surface area contributed by atoms with Gasteiger partial charge in [-0.15, -0.1) is 0 Å². The van der Waals surface area contributed by atoms with Crippen molar-refractivity contribution in [2.24, 2.45) is 0 Å². The van der Waals surface area contributed by atoms with Crippen LogP contribution in [0.1, 0.15) is 21.6 Å². The Morgan fingerprint density at radius 1 is 1.21 bits per heavy atom. The monoisotopic (exact) mass is 412 g/mol. The summed E-state index contributed by atoms with van der Waals surface area (Å²) in [5.41, 5.74) is 2.37. The molecule has 10 heteroatoms. The third kappa shape index (κ3) is 9.15. The Morgan fingerprint density at radius 2 is 1.82 bits per heavy atom. The second-order valence-corrected chi connectivity index (χ2v) is 6.14. The van der Waals surface area contributed by atoms with E-state index in [1.54, 1.807) is 18.6 Å². The molecule has 0 aliphatic rings. The first-order chi connectivity index (χ1) is 13.3. The van der Waals surface area contributed by atoms with Crippen LogP contribution in [0, 0.1) is 6.92 Å². The van der Waals surface area contributed by atoms with Gasteiger partial charge in [-0.25, -0.2) is 4.98 Å². The number of nitrogens with one attached hydrogen (secondary N) is 1. The normalized spacial score (nSPS) is 9.46. The van der Waals surface area contributed by atoms with Crippen LogP contribution in [0.5, 0.6) is 0 Å². The summed E-state index contributed by atoms with van der Waals surface area (Å²) in [4.78, 5) is 40.5. The van der Waals surface area contributed by atoms with Gasteiger partial charge in [0.2, 0.25) is 0 Å². The van der Waals surface area contributed by atoms with E-state index in [0.29, 0.717) is 23.7 Å². The number of H-pyrrole nitrogens is 1. The molecule has 28 heavy (non-hydrogen) atoms. The van der Waals surface area contributed by atoms with E-state index in [9.17, 15) is 4.79 Å². The number of aromatic nitrogens is 2. The Morgan fingerprint density at radius 3 is 2.32 bits per heavy atom. The number of carboxylic acid groups (broad SMARTS) is 2. The number of benzene rings is 1. The van der Waals surface area contributed by atoms with Crippen molar-refractivity contribution in [2.45, 2.75) is 13.5 Å². The summed E-state index contributed by atoms with van der Waals surface area (Å²) in [5, 5.41) is 14.4. The zero-order valence-corrected chi connectivity index (χ0v) is 16.8. The van der Waals surface area contributed by atoms with E-state index in [1.807, 2.05) is 38.1 Å². The molecule has 0 atom stereocenters. The fraction of sp³-hybridized carbons (Fsp3) is 0.333. The molecule has 0 aliphatic carbocycles. The van der Waals surface area contributed by atoms with E-state index >= 15 is 0 Å². The smallest absolute Gasteiger partial charge is 0.290 e. The molecule has 0 aliphatic heterocycles. The lowest BCUT2D eigenvalue weighted by Gasteiger charge is -2.24. The van der Waals surface area contributed by atoms with Crippen LogP contribution in [0.25, 0.3) is 0 Å². The molecule has 1 aromatic heterocycles. The average molecular weight is 413 g/mol. The van der Waals surface area contributed by atoms with Gasteiger partial charge in [-0.2, -0.15) is 0 Å². The molecule has 154 valence electrons. The summed E-state index contributed by atoms with van der Waals surface area (Å²) in [6.45, 7) is 3.30. The molecule has 2 rings (SSSR count). The predicted octanol–water partition coefficient (Wildman–Crippen LogP) is 1.98. The minimum atomic E-state index is -0.250. The average Bonchev–Trinajstić information content (AvgIpc) is 3.15. The third-order valence-electron chi connectivity index (χ3n) is 3.52. The SMILES string of the molecule is Cc1c(Cl)cccc1C(=O)N(CCN(C)C)Cc1cnc[nH]1.O=CO.O=CO. The number of hydrogen-bond acceptors (Lipinski definition) is 5. The Labute approximate surface area is 168 Å². The first-order valence-electron chi connectivity index (χ1n) is 8.14. The molecule has 1 aromatic carbocycles. The number of carbonyl (C=O) groups excluding carboxylic acids is 1. The summed E-state index contributed by atoms with van der Waals surface area (Å²) in [6.07, 6.45) is 3.36. The Hall–Kier alpha value is -2.91. The first kappa shape index (κ1) is 25.1. The van der Waals surface area contributed by atoms with E-state index in [0.717, 1.165) is 17.8 Å². The summed E-state index contributed by atoms with van der Waals surface area (Å²) in [5.74, 6) is -0.0172. The second kappa shape index (κ2) is 14.2. The summed E-state index contributed by atoms with van der Waals surface area (Å²) >= 11 is 6.14. The van der Waals surface area contributed by atoms with Crippen LogP contribution in [0.3, 0.4) is 0 Å². The van der Waals surface area contributed by atoms with Crippen molar-refractivity contribution in [3.8, 4) is 0 Å². The molecule has 0 bridgehead atoms. The minimum absolute atomic E-state index is 0.0172. The third-order valence-corrected chi connectivity index (χ3v) is 3.93. The molecule has 0 fully saturated rings. The highest BCUT2D eigenvalue weighted by molar-refractivity contribution is 6.31. The number of rotatable bonds is 6. The number of likely N-dealkylation sites (N-methyl/N-ethyl adjacent to an activating group) is 1. The number of aromatic amines is 1. The number of hydrogen-bond donors (Lipinski definition) is 3. The highest BCUT2D eigenvalue weighted by atomic mass is 35.5. The van der Waals surface area contributed by atoms with Crippen LogP contribution < -0.4 is 0 Å². The van der Waals surface area contributed by atoms with Crippen molar-refractivity contribution in [3.63, 3.8) is 0 Å². The Kier molecular flexibility index (Phi) is 12.7. The molecule has 2 aromatic rings. The van der Waals surface area contributed by atoms with Gasteiger partial charge in [-0.1, -0.05) is 17.7 Å². The maximum absolute atomic E-state index is 12.9. The highest BCUT2D eigenvalue weighted by Crippen LogP contribution is 2.20. The van der Waals surface area contributed by atoms with Crippen molar-refractivity contribution in [2.75, 3.05) is 27.2 Å². The molecule has 1 amide bonds. The number of imidazole rings is 1. The van der Waals surface area contributed by atoms with Crippen molar-refractivity contribution in [3.05, 3.63) is 52.6 Å². The lowest BCUT2D eigenvalue weighted by Crippen LogP contribution is -2.36. The van der Waals surface area contributed by atoms with Crippen molar-refractivity contribution in [1.82, 2.24) is 19.8 Å². The minimum Gasteiger partial charge on any atom is -0.483 e. The van der Waals surface area contributed by atoms with Crippen LogP contribution in [0.2, 0.25) is 5.02 Å². The van der Waals surface area contributed by atoms with Crippen LogP contribution in [0.15, 0.2) is 30.7 Å². The first-order valence-corrected chi connectivity index (χ1v) is 8.52. The summed E-state index contributed by atoms with van der Waals surface area (Å²) < 4.78 is 0. The molecule has 0 saturated heterocycles. The fourth-order valence-electron chi connectivity index (χ4n) is 2.16.